The number of esters is 1. The quantitative estimate of drug-likeness (QED) is 0.239. The summed E-state index contributed by atoms with van der Waals surface area (Å²) in [5.41, 5.74) is 0. The first-order valence-electron chi connectivity index (χ1n) is 9.10. The lowest BCUT2D eigenvalue weighted by Crippen LogP contribution is -1.98. The lowest BCUT2D eigenvalue weighted by Gasteiger charge is -2.00. The summed E-state index contributed by atoms with van der Waals surface area (Å²) in [6, 6.07) is 0. The first-order chi connectivity index (χ1) is 11.2. The molecule has 4 nitrogen and oxygen atoms in total. The third kappa shape index (κ3) is 18.6. The van der Waals surface area contributed by atoms with Crippen molar-refractivity contribution in [2.45, 2.75) is 89.9 Å². The molecule has 0 spiro atoms. The Morgan fingerprint density at radius 1 is 0.739 bits per heavy atom. The fraction of sp³-hybridized carbons (Fsp3) is 0.789. The van der Waals surface area contributed by atoms with Gasteiger partial charge in [0.05, 0.1) is 7.11 Å². The predicted molar refractivity (Wildman–Crippen MR) is 93.4 cm³/mol. The molecule has 134 valence electrons. The molecule has 0 aromatic heterocycles. The maximum atomic E-state index is 10.9. The smallest absolute Gasteiger partial charge is 0.305 e. The molecular weight excluding hydrogens is 292 g/mol. The van der Waals surface area contributed by atoms with E-state index < -0.39 is 5.97 Å². The average Bonchev–Trinajstić information content (AvgIpc) is 2.53. The van der Waals surface area contributed by atoms with E-state index in [0.717, 1.165) is 44.9 Å². The third-order valence-electron chi connectivity index (χ3n) is 3.91. The number of hydrogen-bond acceptors (Lipinski definition) is 3. The summed E-state index contributed by atoms with van der Waals surface area (Å²) in [4.78, 5) is 21.3. The lowest BCUT2D eigenvalue weighted by atomic mass is 10.1. The Kier molecular flexibility index (Phi) is 16.1. The van der Waals surface area contributed by atoms with Crippen molar-refractivity contribution >= 4 is 11.9 Å². The second kappa shape index (κ2) is 17.0. The van der Waals surface area contributed by atoms with Gasteiger partial charge in [-0.2, -0.15) is 0 Å². The van der Waals surface area contributed by atoms with Crippen LogP contribution in [0, 0.1) is 0 Å². The van der Waals surface area contributed by atoms with E-state index in [-0.39, 0.29) is 5.97 Å². The Labute approximate surface area is 141 Å². The Morgan fingerprint density at radius 2 is 1.17 bits per heavy atom. The molecule has 0 rings (SSSR count). The zero-order valence-electron chi connectivity index (χ0n) is 14.7. The number of hydrogen-bond donors (Lipinski definition) is 1. The number of methoxy groups -OCH3 is 1. The van der Waals surface area contributed by atoms with Gasteiger partial charge in [-0.1, -0.05) is 50.7 Å². The van der Waals surface area contributed by atoms with E-state index in [1.807, 2.05) is 0 Å². The Balaban J connectivity index is 3.14. The minimum atomic E-state index is -0.684. The van der Waals surface area contributed by atoms with Gasteiger partial charge in [0.15, 0.2) is 0 Å². The molecule has 0 atom stereocenters. The molecule has 0 fully saturated rings. The summed E-state index contributed by atoms with van der Waals surface area (Å²) in [6.07, 6.45) is 18.8. The topological polar surface area (TPSA) is 63.6 Å². The van der Waals surface area contributed by atoms with Crippen LogP contribution in [0.2, 0.25) is 0 Å². The normalized spacial score (nSPS) is 11.0. The van der Waals surface area contributed by atoms with Crippen molar-refractivity contribution in [2.24, 2.45) is 0 Å². The zero-order chi connectivity index (χ0) is 17.2. The number of allylic oxidation sites excluding steroid dienone is 2. The lowest BCUT2D eigenvalue weighted by molar-refractivity contribution is -0.141. The average molecular weight is 326 g/mol. The molecule has 0 radical (unpaired) electrons. The molecule has 0 amide bonds. The SMILES string of the molecule is COC(=O)CCCCCCCC=CCCCCCCCC(=O)O. The van der Waals surface area contributed by atoms with Crippen LogP contribution in [0.1, 0.15) is 89.9 Å². The van der Waals surface area contributed by atoms with Crippen LogP contribution in [-0.4, -0.2) is 24.2 Å². The Morgan fingerprint density at radius 3 is 1.65 bits per heavy atom. The van der Waals surface area contributed by atoms with Gasteiger partial charge in [0.25, 0.3) is 0 Å². The highest BCUT2D eigenvalue weighted by Gasteiger charge is 1.98. The highest BCUT2D eigenvalue weighted by atomic mass is 16.5. The van der Waals surface area contributed by atoms with Crippen molar-refractivity contribution < 1.29 is 19.4 Å². The molecule has 0 unspecified atom stereocenters. The zero-order valence-corrected chi connectivity index (χ0v) is 14.7. The number of rotatable bonds is 16. The highest BCUT2D eigenvalue weighted by Crippen LogP contribution is 2.10. The molecule has 4 heteroatoms. The fourth-order valence-corrected chi connectivity index (χ4v) is 2.47. The van der Waals surface area contributed by atoms with E-state index in [1.165, 1.54) is 39.2 Å². The maximum absolute atomic E-state index is 10.9. The van der Waals surface area contributed by atoms with Gasteiger partial charge in [-0.05, 0) is 38.5 Å². The van der Waals surface area contributed by atoms with E-state index in [4.69, 9.17) is 5.11 Å². The molecule has 0 aliphatic rings. The van der Waals surface area contributed by atoms with Gasteiger partial charge in [-0.15, -0.1) is 0 Å². The van der Waals surface area contributed by atoms with Crippen molar-refractivity contribution in [1.82, 2.24) is 0 Å². The van der Waals surface area contributed by atoms with Crippen LogP contribution >= 0.6 is 0 Å². The van der Waals surface area contributed by atoms with E-state index >= 15 is 0 Å². The number of ether oxygens (including phenoxy) is 1. The first-order valence-corrected chi connectivity index (χ1v) is 9.10. The van der Waals surface area contributed by atoms with Crippen LogP contribution in [-0.2, 0) is 14.3 Å². The second-order valence-corrected chi connectivity index (χ2v) is 6.05. The molecule has 0 heterocycles. The summed E-state index contributed by atoms with van der Waals surface area (Å²) >= 11 is 0. The van der Waals surface area contributed by atoms with Crippen molar-refractivity contribution in [2.75, 3.05) is 7.11 Å². The van der Waals surface area contributed by atoms with E-state index in [1.54, 1.807) is 0 Å². The second-order valence-electron chi connectivity index (χ2n) is 6.05. The molecule has 1 N–H and O–H groups in total. The number of carbonyl (C=O) groups is 2. The van der Waals surface area contributed by atoms with E-state index in [0.29, 0.717) is 12.8 Å². The van der Waals surface area contributed by atoms with Crippen molar-refractivity contribution in [3.63, 3.8) is 0 Å². The summed E-state index contributed by atoms with van der Waals surface area (Å²) in [7, 11) is 1.44. The standard InChI is InChI=1S/C19H34O4/c1-23-19(22)17-15-13-11-9-7-5-3-2-4-6-8-10-12-14-16-18(20)21/h2-3H,4-17H2,1H3,(H,20,21). The summed E-state index contributed by atoms with van der Waals surface area (Å²) in [6.45, 7) is 0. The molecule has 0 aromatic carbocycles. The van der Waals surface area contributed by atoms with Gasteiger partial charge < -0.3 is 9.84 Å². The van der Waals surface area contributed by atoms with Crippen molar-refractivity contribution in [3.8, 4) is 0 Å². The first kappa shape index (κ1) is 21.7. The molecular formula is C19H34O4. The Bertz CT molecular complexity index is 323. The van der Waals surface area contributed by atoms with Gasteiger partial charge in [0, 0.05) is 12.8 Å². The molecule has 0 aliphatic heterocycles. The van der Waals surface area contributed by atoms with Crippen LogP contribution < -0.4 is 0 Å². The van der Waals surface area contributed by atoms with Crippen molar-refractivity contribution in [1.29, 1.82) is 0 Å². The number of aliphatic carboxylic acids is 1. The maximum Gasteiger partial charge on any atom is 0.305 e. The van der Waals surface area contributed by atoms with E-state index in [9.17, 15) is 9.59 Å². The van der Waals surface area contributed by atoms with E-state index in [2.05, 4.69) is 16.9 Å². The van der Waals surface area contributed by atoms with Gasteiger partial charge in [-0.3, -0.25) is 9.59 Å². The number of carbonyl (C=O) groups excluding carboxylic acids is 1. The van der Waals surface area contributed by atoms with Crippen LogP contribution in [0.5, 0.6) is 0 Å². The molecule has 0 saturated carbocycles. The molecule has 0 saturated heterocycles. The summed E-state index contributed by atoms with van der Waals surface area (Å²) in [5, 5.41) is 8.52. The minimum Gasteiger partial charge on any atom is -0.481 e. The molecule has 0 aliphatic carbocycles. The molecule has 23 heavy (non-hydrogen) atoms. The minimum absolute atomic E-state index is 0.102. The molecule has 0 bridgehead atoms. The van der Waals surface area contributed by atoms with Crippen molar-refractivity contribution in [3.05, 3.63) is 12.2 Å². The third-order valence-corrected chi connectivity index (χ3v) is 3.91. The summed E-state index contributed by atoms with van der Waals surface area (Å²) in [5.74, 6) is -0.786. The van der Waals surface area contributed by atoms with Crippen LogP contribution in [0.3, 0.4) is 0 Å². The van der Waals surface area contributed by atoms with Gasteiger partial charge >= 0.3 is 11.9 Å². The Hall–Kier alpha value is -1.32. The van der Waals surface area contributed by atoms with Gasteiger partial charge in [-0.25, -0.2) is 0 Å². The molecule has 0 aromatic rings. The van der Waals surface area contributed by atoms with Crippen LogP contribution in [0.15, 0.2) is 12.2 Å². The van der Waals surface area contributed by atoms with Crippen LogP contribution in [0.25, 0.3) is 0 Å². The summed E-state index contributed by atoms with van der Waals surface area (Å²) < 4.78 is 4.61. The monoisotopic (exact) mass is 326 g/mol. The number of carboxylic acids is 1. The largest absolute Gasteiger partial charge is 0.481 e. The predicted octanol–water partition coefficient (Wildman–Crippen LogP) is 5.26. The van der Waals surface area contributed by atoms with Gasteiger partial charge in [0.2, 0.25) is 0 Å². The number of unbranched alkanes of at least 4 members (excludes halogenated alkanes) is 10. The highest BCUT2D eigenvalue weighted by molar-refractivity contribution is 5.68. The number of carboxylic acid groups (broad SMARTS) is 1. The fourth-order valence-electron chi connectivity index (χ4n) is 2.47. The van der Waals surface area contributed by atoms with Crippen LogP contribution in [0.4, 0.5) is 0 Å². The van der Waals surface area contributed by atoms with Gasteiger partial charge in [0.1, 0.15) is 0 Å².